The molecule has 1 atom stereocenters. The summed E-state index contributed by atoms with van der Waals surface area (Å²) in [5, 5.41) is 11.4. The van der Waals surface area contributed by atoms with Gasteiger partial charge in [0.15, 0.2) is 0 Å². The molecule has 0 saturated heterocycles. The van der Waals surface area contributed by atoms with E-state index in [9.17, 15) is 9.59 Å². The van der Waals surface area contributed by atoms with E-state index >= 15 is 0 Å². The number of hydrogen-bond acceptors (Lipinski definition) is 3. The van der Waals surface area contributed by atoms with Crippen LogP contribution in [0.1, 0.15) is 19.8 Å². The number of carboxylic acids is 1. The predicted molar refractivity (Wildman–Crippen MR) is 65.9 cm³/mol. The molecule has 0 aromatic carbocycles. The van der Waals surface area contributed by atoms with Crippen molar-refractivity contribution in [2.75, 3.05) is 25.6 Å². The van der Waals surface area contributed by atoms with Crippen molar-refractivity contribution in [2.45, 2.75) is 25.8 Å². The highest BCUT2D eigenvalue weighted by Crippen LogP contribution is 2.02. The maximum absolute atomic E-state index is 11.6. The van der Waals surface area contributed by atoms with Crippen LogP contribution in [0.2, 0.25) is 0 Å². The second-order valence-corrected chi connectivity index (χ2v) is 4.49. The smallest absolute Gasteiger partial charge is 0.317 e. The number of aliphatic carboxylic acids is 1. The van der Waals surface area contributed by atoms with Crippen molar-refractivity contribution in [3.63, 3.8) is 0 Å². The predicted octanol–water partition coefficient (Wildman–Crippen LogP) is 1.24. The van der Waals surface area contributed by atoms with Crippen molar-refractivity contribution in [1.29, 1.82) is 0 Å². The average Bonchev–Trinajstić information content (AvgIpc) is 2.24. The third kappa shape index (κ3) is 6.55. The molecule has 0 bridgehead atoms. The van der Waals surface area contributed by atoms with Crippen LogP contribution in [0.3, 0.4) is 0 Å². The maximum Gasteiger partial charge on any atom is 0.317 e. The van der Waals surface area contributed by atoms with Gasteiger partial charge < -0.3 is 15.3 Å². The number of hydrogen-bond donors (Lipinski definition) is 2. The Morgan fingerprint density at radius 1 is 1.50 bits per heavy atom. The van der Waals surface area contributed by atoms with Crippen LogP contribution in [0, 0.1) is 0 Å². The normalized spacial score (nSPS) is 11.9. The second kappa shape index (κ2) is 8.27. The third-order valence-corrected chi connectivity index (χ3v) is 2.93. The second-order valence-electron chi connectivity index (χ2n) is 3.58. The first-order chi connectivity index (χ1) is 7.51. The first-order valence-electron chi connectivity index (χ1n) is 5.23. The molecular weight excluding hydrogens is 228 g/mol. The Balaban J connectivity index is 3.97. The molecule has 2 amide bonds. The van der Waals surface area contributed by atoms with Gasteiger partial charge >= 0.3 is 12.0 Å². The number of rotatable bonds is 7. The van der Waals surface area contributed by atoms with Crippen LogP contribution in [0.5, 0.6) is 0 Å². The Hall–Kier alpha value is -0.910. The molecule has 16 heavy (non-hydrogen) atoms. The minimum absolute atomic E-state index is 0.0246. The molecule has 5 nitrogen and oxygen atoms in total. The minimum atomic E-state index is -0.893. The lowest BCUT2D eigenvalue weighted by Gasteiger charge is -2.21. The summed E-state index contributed by atoms with van der Waals surface area (Å²) in [6, 6.07) is -0.0584. The van der Waals surface area contributed by atoms with E-state index in [1.807, 2.05) is 13.2 Å². The third-order valence-electron chi connectivity index (χ3n) is 2.20. The van der Waals surface area contributed by atoms with Crippen LogP contribution in [-0.4, -0.2) is 53.6 Å². The lowest BCUT2D eigenvalue weighted by Crippen LogP contribution is -2.44. The maximum atomic E-state index is 11.6. The number of thioether (sulfide) groups is 1. The van der Waals surface area contributed by atoms with Crippen molar-refractivity contribution in [3.8, 4) is 0 Å². The summed E-state index contributed by atoms with van der Waals surface area (Å²) in [4.78, 5) is 23.4. The van der Waals surface area contributed by atoms with E-state index in [0.717, 1.165) is 12.2 Å². The number of nitrogens with one attached hydrogen (secondary N) is 1. The van der Waals surface area contributed by atoms with Crippen LogP contribution < -0.4 is 5.32 Å². The highest BCUT2D eigenvalue weighted by Gasteiger charge is 2.14. The summed E-state index contributed by atoms with van der Waals surface area (Å²) >= 11 is 1.68. The standard InChI is InChI=1S/C10H20N2O3S/c1-4-8(7-16-3)11-10(15)12(2)6-5-9(13)14/h8H,4-7H2,1-3H3,(H,11,15)(H,13,14). The summed E-state index contributed by atoms with van der Waals surface area (Å²) < 4.78 is 0. The van der Waals surface area contributed by atoms with Gasteiger partial charge in [0.2, 0.25) is 0 Å². The summed E-state index contributed by atoms with van der Waals surface area (Å²) in [5.41, 5.74) is 0. The van der Waals surface area contributed by atoms with Crippen LogP contribution in [0.25, 0.3) is 0 Å². The summed E-state index contributed by atoms with van der Waals surface area (Å²) in [6.45, 7) is 2.25. The fourth-order valence-corrected chi connectivity index (χ4v) is 1.83. The molecule has 0 radical (unpaired) electrons. The molecule has 6 heteroatoms. The van der Waals surface area contributed by atoms with Gasteiger partial charge in [-0.2, -0.15) is 11.8 Å². The van der Waals surface area contributed by atoms with Crippen LogP contribution in [-0.2, 0) is 4.79 Å². The summed E-state index contributed by atoms with van der Waals surface area (Å²) in [6.07, 6.45) is 2.84. The molecule has 0 aliphatic rings. The van der Waals surface area contributed by atoms with Gasteiger partial charge in [-0.15, -0.1) is 0 Å². The van der Waals surface area contributed by atoms with Crippen molar-refractivity contribution in [3.05, 3.63) is 0 Å². The number of carbonyl (C=O) groups is 2. The van der Waals surface area contributed by atoms with E-state index < -0.39 is 5.97 Å². The van der Waals surface area contributed by atoms with Crippen molar-refractivity contribution >= 4 is 23.8 Å². The van der Waals surface area contributed by atoms with Crippen LogP contribution >= 0.6 is 11.8 Å². The first-order valence-corrected chi connectivity index (χ1v) is 6.63. The number of carboxylic acid groups (broad SMARTS) is 1. The highest BCUT2D eigenvalue weighted by molar-refractivity contribution is 7.98. The molecule has 94 valence electrons. The lowest BCUT2D eigenvalue weighted by atomic mass is 10.2. The van der Waals surface area contributed by atoms with E-state index in [0.29, 0.717) is 0 Å². The van der Waals surface area contributed by atoms with Crippen LogP contribution in [0.4, 0.5) is 4.79 Å². The molecule has 0 heterocycles. The Bertz CT molecular complexity index is 236. The number of urea groups is 1. The molecule has 0 fully saturated rings. The quantitative estimate of drug-likeness (QED) is 0.711. The fraction of sp³-hybridized carbons (Fsp3) is 0.800. The number of nitrogens with zero attached hydrogens (tertiary/aromatic N) is 1. The molecular formula is C10H20N2O3S. The SMILES string of the molecule is CCC(CSC)NC(=O)N(C)CCC(=O)O. The molecule has 0 rings (SSSR count). The van der Waals surface area contributed by atoms with E-state index in [4.69, 9.17) is 5.11 Å². The molecule has 0 aliphatic carbocycles. The largest absolute Gasteiger partial charge is 0.481 e. The Labute approximate surface area is 101 Å². The minimum Gasteiger partial charge on any atom is -0.481 e. The number of amides is 2. The van der Waals surface area contributed by atoms with Gasteiger partial charge in [0, 0.05) is 25.4 Å². The van der Waals surface area contributed by atoms with Gasteiger partial charge in [0.05, 0.1) is 6.42 Å². The van der Waals surface area contributed by atoms with Gasteiger partial charge in [-0.05, 0) is 12.7 Å². The molecule has 0 aromatic heterocycles. The number of carbonyl (C=O) groups excluding carboxylic acids is 1. The summed E-state index contributed by atoms with van der Waals surface area (Å²) in [7, 11) is 1.60. The molecule has 1 unspecified atom stereocenters. The van der Waals surface area contributed by atoms with Crippen molar-refractivity contribution in [1.82, 2.24) is 10.2 Å². The zero-order valence-corrected chi connectivity index (χ0v) is 10.8. The van der Waals surface area contributed by atoms with Gasteiger partial charge in [-0.1, -0.05) is 6.92 Å². The highest BCUT2D eigenvalue weighted by atomic mass is 32.2. The van der Waals surface area contributed by atoms with Crippen LogP contribution in [0.15, 0.2) is 0 Å². The van der Waals surface area contributed by atoms with Crippen molar-refractivity contribution < 1.29 is 14.7 Å². The molecule has 0 saturated carbocycles. The average molecular weight is 248 g/mol. The fourth-order valence-electron chi connectivity index (χ4n) is 1.11. The molecule has 0 aliphatic heterocycles. The zero-order valence-electron chi connectivity index (χ0n) is 10.0. The van der Waals surface area contributed by atoms with E-state index in [-0.39, 0.29) is 25.0 Å². The topological polar surface area (TPSA) is 69.6 Å². The zero-order chi connectivity index (χ0) is 12.6. The molecule has 0 aromatic rings. The lowest BCUT2D eigenvalue weighted by molar-refractivity contribution is -0.137. The Morgan fingerprint density at radius 3 is 2.56 bits per heavy atom. The molecule has 0 spiro atoms. The van der Waals surface area contributed by atoms with E-state index in [2.05, 4.69) is 5.32 Å². The van der Waals surface area contributed by atoms with Gasteiger partial charge in [-0.25, -0.2) is 4.79 Å². The monoisotopic (exact) mass is 248 g/mol. The Kier molecular flexibility index (Phi) is 7.80. The van der Waals surface area contributed by atoms with Gasteiger partial charge in [0.25, 0.3) is 0 Å². The van der Waals surface area contributed by atoms with Crippen molar-refractivity contribution in [2.24, 2.45) is 0 Å². The van der Waals surface area contributed by atoms with Gasteiger partial charge in [0.1, 0.15) is 0 Å². The van der Waals surface area contributed by atoms with Gasteiger partial charge in [-0.3, -0.25) is 4.79 Å². The van der Waals surface area contributed by atoms with E-state index in [1.54, 1.807) is 18.8 Å². The summed E-state index contributed by atoms with van der Waals surface area (Å²) in [5.74, 6) is -0.0227. The Morgan fingerprint density at radius 2 is 2.12 bits per heavy atom. The molecule has 2 N–H and O–H groups in total. The first kappa shape index (κ1) is 15.1. The van der Waals surface area contributed by atoms with E-state index in [1.165, 1.54) is 4.90 Å².